The molecule has 0 aliphatic heterocycles. The van der Waals surface area contributed by atoms with Crippen LogP contribution in [-0.4, -0.2) is 11.1 Å². The number of carbonyl (C=O) groups is 1. The monoisotopic (exact) mass is 238 g/mol. The average Bonchev–Trinajstić information content (AvgIpc) is 2.38. The van der Waals surface area contributed by atoms with Crippen molar-refractivity contribution in [3.63, 3.8) is 0 Å². The van der Waals surface area contributed by atoms with Gasteiger partial charge in [-0.3, -0.25) is 0 Å². The molecule has 0 heterocycles. The summed E-state index contributed by atoms with van der Waals surface area (Å²) in [5.41, 5.74) is 4.20. The Kier molecular flexibility index (Phi) is 3.58. The molecule has 0 unspecified atom stereocenters. The average molecular weight is 238 g/mol. The van der Waals surface area contributed by atoms with Crippen LogP contribution in [0.1, 0.15) is 11.1 Å². The van der Waals surface area contributed by atoms with Gasteiger partial charge in [-0.2, -0.15) is 0 Å². The van der Waals surface area contributed by atoms with E-state index < -0.39 is 5.97 Å². The summed E-state index contributed by atoms with van der Waals surface area (Å²) < 4.78 is 0. The number of rotatable bonds is 3. The molecule has 0 radical (unpaired) electrons. The van der Waals surface area contributed by atoms with Crippen LogP contribution in [0.4, 0.5) is 0 Å². The van der Waals surface area contributed by atoms with Crippen molar-refractivity contribution in [2.45, 2.75) is 6.92 Å². The summed E-state index contributed by atoms with van der Waals surface area (Å²) in [4.78, 5) is 10.6. The van der Waals surface area contributed by atoms with E-state index in [1.807, 2.05) is 49.4 Å². The Morgan fingerprint density at radius 1 is 1.11 bits per heavy atom. The van der Waals surface area contributed by atoms with Crippen molar-refractivity contribution in [3.8, 4) is 11.1 Å². The maximum Gasteiger partial charge on any atom is 0.328 e. The van der Waals surface area contributed by atoms with Gasteiger partial charge in [0.25, 0.3) is 0 Å². The molecule has 2 rings (SSSR count). The molecule has 0 spiro atoms. The zero-order valence-corrected chi connectivity index (χ0v) is 10.1. The predicted molar refractivity (Wildman–Crippen MR) is 73.3 cm³/mol. The molecule has 0 fully saturated rings. The van der Waals surface area contributed by atoms with Crippen molar-refractivity contribution in [1.82, 2.24) is 0 Å². The third-order valence-electron chi connectivity index (χ3n) is 2.70. The Balaban J connectivity index is 2.51. The fourth-order valence-corrected chi connectivity index (χ4v) is 1.84. The van der Waals surface area contributed by atoms with E-state index in [0.29, 0.717) is 0 Å². The summed E-state index contributed by atoms with van der Waals surface area (Å²) >= 11 is 0. The summed E-state index contributed by atoms with van der Waals surface area (Å²) in [5, 5.41) is 8.70. The van der Waals surface area contributed by atoms with Gasteiger partial charge in [0.2, 0.25) is 0 Å². The lowest BCUT2D eigenvalue weighted by Gasteiger charge is -2.07. The normalized spacial score (nSPS) is 10.7. The molecule has 1 N–H and O–H groups in total. The molecule has 2 heteroatoms. The minimum Gasteiger partial charge on any atom is -0.478 e. The van der Waals surface area contributed by atoms with Crippen molar-refractivity contribution in [2.75, 3.05) is 0 Å². The topological polar surface area (TPSA) is 37.3 Å². The first-order valence-corrected chi connectivity index (χ1v) is 5.74. The highest BCUT2D eigenvalue weighted by Crippen LogP contribution is 2.25. The largest absolute Gasteiger partial charge is 0.478 e. The van der Waals surface area contributed by atoms with Crippen LogP contribution < -0.4 is 0 Å². The van der Waals surface area contributed by atoms with Gasteiger partial charge in [-0.15, -0.1) is 0 Å². The molecule has 0 aliphatic rings. The first kappa shape index (κ1) is 12.1. The van der Waals surface area contributed by atoms with E-state index in [9.17, 15) is 4.79 Å². The summed E-state index contributed by atoms with van der Waals surface area (Å²) in [7, 11) is 0. The van der Waals surface area contributed by atoms with Crippen LogP contribution in [0.5, 0.6) is 0 Å². The maximum atomic E-state index is 10.6. The van der Waals surface area contributed by atoms with Gasteiger partial charge in [-0.05, 0) is 29.7 Å². The SMILES string of the molecule is Cc1ccc(C=CC(=O)O)c(-c2ccccc2)c1. The number of aliphatic carboxylic acids is 1. The molecule has 0 saturated carbocycles. The zero-order valence-electron chi connectivity index (χ0n) is 10.1. The van der Waals surface area contributed by atoms with E-state index in [4.69, 9.17) is 5.11 Å². The van der Waals surface area contributed by atoms with E-state index in [2.05, 4.69) is 6.07 Å². The highest BCUT2D eigenvalue weighted by atomic mass is 16.4. The fraction of sp³-hybridized carbons (Fsp3) is 0.0625. The fourth-order valence-electron chi connectivity index (χ4n) is 1.84. The van der Waals surface area contributed by atoms with Crippen molar-refractivity contribution in [2.24, 2.45) is 0 Å². The lowest BCUT2D eigenvalue weighted by Crippen LogP contribution is -1.88. The summed E-state index contributed by atoms with van der Waals surface area (Å²) in [6, 6.07) is 15.9. The second-order valence-corrected chi connectivity index (χ2v) is 4.13. The summed E-state index contributed by atoms with van der Waals surface area (Å²) in [6.07, 6.45) is 2.79. The lowest BCUT2D eigenvalue weighted by molar-refractivity contribution is -0.131. The third kappa shape index (κ3) is 2.86. The lowest BCUT2D eigenvalue weighted by atomic mass is 9.97. The van der Waals surface area contributed by atoms with Gasteiger partial charge in [0.15, 0.2) is 0 Å². The van der Waals surface area contributed by atoms with Crippen molar-refractivity contribution in [1.29, 1.82) is 0 Å². The summed E-state index contributed by atoms with van der Waals surface area (Å²) in [5.74, 6) is -0.936. The Morgan fingerprint density at radius 3 is 2.50 bits per heavy atom. The van der Waals surface area contributed by atoms with Gasteiger partial charge in [0, 0.05) is 6.08 Å². The van der Waals surface area contributed by atoms with Crippen molar-refractivity contribution < 1.29 is 9.90 Å². The smallest absolute Gasteiger partial charge is 0.328 e. The van der Waals surface area contributed by atoms with Crippen LogP contribution >= 0.6 is 0 Å². The number of benzene rings is 2. The van der Waals surface area contributed by atoms with Crippen LogP contribution in [0.25, 0.3) is 17.2 Å². The molecule has 0 atom stereocenters. The van der Waals surface area contributed by atoms with Gasteiger partial charge in [-0.1, -0.05) is 54.1 Å². The van der Waals surface area contributed by atoms with Crippen LogP contribution in [-0.2, 0) is 4.79 Å². The molecular formula is C16H14O2. The second-order valence-electron chi connectivity index (χ2n) is 4.13. The highest BCUT2D eigenvalue weighted by molar-refractivity contribution is 5.88. The Bertz CT molecular complexity index is 583. The minimum absolute atomic E-state index is 0.911. The Hall–Kier alpha value is -2.35. The van der Waals surface area contributed by atoms with Crippen molar-refractivity contribution >= 4 is 12.0 Å². The number of carboxylic acids is 1. The number of hydrogen-bond donors (Lipinski definition) is 1. The van der Waals surface area contributed by atoms with E-state index in [0.717, 1.165) is 28.3 Å². The van der Waals surface area contributed by atoms with Crippen LogP contribution in [0.15, 0.2) is 54.6 Å². The molecule has 0 aliphatic carbocycles. The first-order valence-electron chi connectivity index (χ1n) is 5.74. The molecule has 18 heavy (non-hydrogen) atoms. The first-order chi connectivity index (χ1) is 8.66. The molecule has 0 saturated heterocycles. The molecule has 0 aromatic heterocycles. The Labute approximate surface area is 106 Å². The van der Waals surface area contributed by atoms with E-state index in [1.54, 1.807) is 6.08 Å². The predicted octanol–water partition coefficient (Wildman–Crippen LogP) is 3.76. The van der Waals surface area contributed by atoms with E-state index in [-0.39, 0.29) is 0 Å². The molecule has 0 bridgehead atoms. The van der Waals surface area contributed by atoms with Crippen LogP contribution in [0, 0.1) is 6.92 Å². The van der Waals surface area contributed by atoms with Gasteiger partial charge in [-0.25, -0.2) is 4.79 Å². The molecule has 2 aromatic carbocycles. The van der Waals surface area contributed by atoms with Gasteiger partial charge >= 0.3 is 5.97 Å². The second kappa shape index (κ2) is 5.32. The van der Waals surface area contributed by atoms with Gasteiger partial charge in [0.1, 0.15) is 0 Å². The number of carboxylic acid groups (broad SMARTS) is 1. The summed E-state index contributed by atoms with van der Waals surface area (Å²) in [6.45, 7) is 2.02. The van der Waals surface area contributed by atoms with Crippen LogP contribution in [0.2, 0.25) is 0 Å². The molecule has 90 valence electrons. The molecule has 0 amide bonds. The third-order valence-corrected chi connectivity index (χ3v) is 2.70. The quantitative estimate of drug-likeness (QED) is 0.827. The van der Waals surface area contributed by atoms with Crippen molar-refractivity contribution in [3.05, 3.63) is 65.7 Å². The van der Waals surface area contributed by atoms with Gasteiger partial charge < -0.3 is 5.11 Å². The molecular weight excluding hydrogens is 224 g/mol. The van der Waals surface area contributed by atoms with Crippen LogP contribution in [0.3, 0.4) is 0 Å². The van der Waals surface area contributed by atoms with Gasteiger partial charge in [0.05, 0.1) is 0 Å². The number of hydrogen-bond acceptors (Lipinski definition) is 1. The number of aryl methyl sites for hydroxylation is 1. The Morgan fingerprint density at radius 2 is 1.83 bits per heavy atom. The zero-order chi connectivity index (χ0) is 13.0. The van der Waals surface area contributed by atoms with E-state index in [1.165, 1.54) is 0 Å². The standard InChI is InChI=1S/C16H14O2/c1-12-7-8-14(9-10-16(17)18)15(11-12)13-5-3-2-4-6-13/h2-11H,1H3,(H,17,18). The van der Waals surface area contributed by atoms with E-state index >= 15 is 0 Å². The molecule has 2 nitrogen and oxygen atoms in total. The molecule has 2 aromatic rings. The maximum absolute atomic E-state index is 10.6. The highest BCUT2D eigenvalue weighted by Gasteiger charge is 2.03. The minimum atomic E-state index is -0.936.